The lowest BCUT2D eigenvalue weighted by atomic mass is 10.00. The second-order valence-electron chi connectivity index (χ2n) is 6.76. The molecule has 6 heteroatoms. The third-order valence-electron chi connectivity index (χ3n) is 4.73. The average Bonchev–Trinajstić information content (AvgIpc) is 3.30. The Hall–Kier alpha value is -2.34. The lowest BCUT2D eigenvalue weighted by molar-refractivity contribution is -0.124. The van der Waals surface area contributed by atoms with Crippen molar-refractivity contribution in [3.63, 3.8) is 0 Å². The fourth-order valence-corrected chi connectivity index (χ4v) is 4.24. The zero-order valence-corrected chi connectivity index (χ0v) is 15.8. The van der Waals surface area contributed by atoms with E-state index in [-0.39, 0.29) is 11.7 Å². The van der Waals surface area contributed by atoms with Gasteiger partial charge in [0.25, 0.3) is 0 Å². The van der Waals surface area contributed by atoms with E-state index in [9.17, 15) is 14.4 Å². The lowest BCUT2D eigenvalue weighted by Crippen LogP contribution is -2.21. The Morgan fingerprint density at radius 3 is 2.46 bits per heavy atom. The highest BCUT2D eigenvalue weighted by Crippen LogP contribution is 2.42. The van der Waals surface area contributed by atoms with Gasteiger partial charge in [0.05, 0.1) is 16.5 Å². The molecule has 1 aromatic carbocycles. The van der Waals surface area contributed by atoms with Crippen molar-refractivity contribution in [2.24, 2.45) is 5.92 Å². The summed E-state index contributed by atoms with van der Waals surface area (Å²) in [6.07, 6.45) is 5.27. The van der Waals surface area contributed by atoms with Crippen molar-refractivity contribution in [1.29, 1.82) is 0 Å². The highest BCUT2D eigenvalue weighted by atomic mass is 32.1. The Balaban J connectivity index is 1.87. The minimum atomic E-state index is -0.678. The number of nitrogens with one attached hydrogen (secondary N) is 1. The molecule has 1 aliphatic rings. The van der Waals surface area contributed by atoms with Gasteiger partial charge >= 0.3 is 0 Å². The van der Waals surface area contributed by atoms with Crippen LogP contribution in [0.1, 0.15) is 60.9 Å². The first-order valence-corrected chi connectivity index (χ1v) is 9.69. The van der Waals surface area contributed by atoms with Gasteiger partial charge in [0.15, 0.2) is 10.8 Å². The van der Waals surface area contributed by atoms with E-state index in [1.807, 2.05) is 24.3 Å². The molecule has 0 bridgehead atoms. The van der Waals surface area contributed by atoms with Crippen LogP contribution in [-0.4, -0.2) is 23.0 Å². The number of carbonyl (C=O) groups is 3. The summed E-state index contributed by atoms with van der Waals surface area (Å²) in [7, 11) is 0. The van der Waals surface area contributed by atoms with Crippen molar-refractivity contribution in [2.75, 3.05) is 5.32 Å². The van der Waals surface area contributed by atoms with E-state index < -0.39 is 5.92 Å². The number of thiazole rings is 1. The minimum absolute atomic E-state index is 0.00719. The number of Topliss-reactive ketones (excluding diaryl/α,β-unsaturated/α-hetero) is 1. The molecule has 1 aliphatic carbocycles. The maximum Gasteiger partial charge on any atom is 0.234 e. The summed E-state index contributed by atoms with van der Waals surface area (Å²) in [5.74, 6) is -0.589. The van der Waals surface area contributed by atoms with Crippen LogP contribution in [0.2, 0.25) is 0 Å². The maximum atomic E-state index is 11.8. The predicted molar refractivity (Wildman–Crippen MR) is 103 cm³/mol. The molecule has 1 amide bonds. The van der Waals surface area contributed by atoms with E-state index in [4.69, 9.17) is 0 Å². The molecule has 3 rings (SSSR count). The number of amides is 1. The van der Waals surface area contributed by atoms with Crippen LogP contribution in [0.25, 0.3) is 10.4 Å². The van der Waals surface area contributed by atoms with Crippen LogP contribution in [0.4, 0.5) is 5.69 Å². The number of aldehydes is 1. The fraction of sp³-hybridized carbons (Fsp3) is 0.400. The van der Waals surface area contributed by atoms with Crippen molar-refractivity contribution in [3.05, 3.63) is 35.0 Å². The summed E-state index contributed by atoms with van der Waals surface area (Å²) in [6.45, 7) is 3.11. The monoisotopic (exact) mass is 370 g/mol. The van der Waals surface area contributed by atoms with Gasteiger partial charge in [-0.3, -0.25) is 9.59 Å². The first-order chi connectivity index (χ1) is 12.5. The molecule has 26 heavy (non-hydrogen) atoms. The van der Waals surface area contributed by atoms with E-state index in [0.29, 0.717) is 22.9 Å². The van der Waals surface area contributed by atoms with Gasteiger partial charge in [-0.15, -0.1) is 11.3 Å². The van der Waals surface area contributed by atoms with Gasteiger partial charge in [-0.05, 0) is 37.5 Å². The molecule has 1 atom stereocenters. The zero-order valence-electron chi connectivity index (χ0n) is 15.0. The molecule has 2 aromatic rings. The van der Waals surface area contributed by atoms with E-state index in [0.717, 1.165) is 29.0 Å². The molecular formula is C20H22N2O3S. The molecule has 1 unspecified atom stereocenters. The van der Waals surface area contributed by atoms with Crippen molar-refractivity contribution < 1.29 is 14.4 Å². The molecule has 1 aromatic heterocycles. The van der Waals surface area contributed by atoms with E-state index >= 15 is 0 Å². The second-order valence-corrected chi connectivity index (χ2v) is 7.76. The molecule has 1 fully saturated rings. The number of benzene rings is 1. The summed E-state index contributed by atoms with van der Waals surface area (Å²) in [5, 5.41) is 3.28. The number of hydrogen-bond donors (Lipinski definition) is 1. The van der Waals surface area contributed by atoms with Gasteiger partial charge in [-0.2, -0.15) is 0 Å². The Morgan fingerprint density at radius 1 is 1.23 bits per heavy atom. The molecule has 1 heterocycles. The summed E-state index contributed by atoms with van der Waals surface area (Å²) < 4.78 is 0. The van der Waals surface area contributed by atoms with Crippen LogP contribution in [0, 0.1) is 5.92 Å². The van der Waals surface area contributed by atoms with Crippen LogP contribution in [0.15, 0.2) is 24.3 Å². The first-order valence-electron chi connectivity index (χ1n) is 8.88. The van der Waals surface area contributed by atoms with Crippen LogP contribution < -0.4 is 5.32 Å². The van der Waals surface area contributed by atoms with Gasteiger partial charge in [0.2, 0.25) is 5.91 Å². The molecule has 1 N–H and O–H groups in total. The Bertz CT molecular complexity index is 820. The summed E-state index contributed by atoms with van der Waals surface area (Å²) in [5.41, 5.74) is 2.67. The van der Waals surface area contributed by atoms with Crippen LogP contribution >= 0.6 is 11.3 Å². The smallest absolute Gasteiger partial charge is 0.234 e. The van der Waals surface area contributed by atoms with Gasteiger partial charge in [0, 0.05) is 18.5 Å². The summed E-state index contributed by atoms with van der Waals surface area (Å²) in [6, 6.07) is 7.49. The van der Waals surface area contributed by atoms with E-state index in [1.54, 1.807) is 13.8 Å². The van der Waals surface area contributed by atoms with Gasteiger partial charge in [-0.25, -0.2) is 4.98 Å². The molecule has 5 nitrogen and oxygen atoms in total. The predicted octanol–water partition coefficient (Wildman–Crippen LogP) is 4.44. The molecule has 0 saturated heterocycles. The Labute approximate surface area is 156 Å². The molecule has 0 aliphatic heterocycles. The number of aromatic nitrogens is 1. The lowest BCUT2D eigenvalue weighted by Gasteiger charge is -2.10. The molecule has 136 valence electrons. The Morgan fingerprint density at radius 2 is 1.88 bits per heavy atom. The number of carbonyl (C=O) groups excluding carboxylic acids is 3. The molecular weight excluding hydrogens is 348 g/mol. The third-order valence-corrected chi connectivity index (χ3v) is 5.95. The highest BCUT2D eigenvalue weighted by molar-refractivity contribution is 7.17. The first kappa shape index (κ1) is 18.5. The van der Waals surface area contributed by atoms with Crippen LogP contribution in [0.3, 0.4) is 0 Å². The quantitative estimate of drug-likeness (QED) is 0.463. The third kappa shape index (κ3) is 3.90. The summed E-state index contributed by atoms with van der Waals surface area (Å²) in [4.78, 5) is 40.0. The van der Waals surface area contributed by atoms with Crippen molar-refractivity contribution in [3.8, 4) is 10.4 Å². The number of hydrogen-bond acceptors (Lipinski definition) is 5. The van der Waals surface area contributed by atoms with Crippen molar-refractivity contribution in [2.45, 2.75) is 45.4 Å². The average molecular weight is 370 g/mol. The maximum absolute atomic E-state index is 11.8. The standard InChI is InChI=1S/C20H22N2O3S/c1-12(11-23)19(25)21-16-9-7-15(8-10-16)18-17(14-5-3-4-6-14)22-20(26-18)13(2)24/h7-12,14H,3-6H2,1-2H3,(H,21,25). The van der Waals surface area contributed by atoms with Crippen molar-refractivity contribution in [1.82, 2.24) is 4.98 Å². The largest absolute Gasteiger partial charge is 0.325 e. The minimum Gasteiger partial charge on any atom is -0.325 e. The van der Waals surface area contributed by atoms with Gasteiger partial charge in [-0.1, -0.05) is 25.0 Å². The van der Waals surface area contributed by atoms with E-state index in [2.05, 4.69) is 10.3 Å². The molecule has 0 radical (unpaired) electrons. The number of nitrogens with zero attached hydrogens (tertiary/aromatic N) is 1. The van der Waals surface area contributed by atoms with E-state index in [1.165, 1.54) is 24.2 Å². The van der Waals surface area contributed by atoms with Gasteiger partial charge < -0.3 is 10.1 Å². The molecule has 1 saturated carbocycles. The number of anilines is 1. The zero-order chi connectivity index (χ0) is 18.7. The fourth-order valence-electron chi connectivity index (χ4n) is 3.19. The van der Waals surface area contributed by atoms with Crippen LogP contribution in [0.5, 0.6) is 0 Å². The van der Waals surface area contributed by atoms with Gasteiger partial charge in [0.1, 0.15) is 6.29 Å². The Kier molecular flexibility index (Phi) is 5.61. The van der Waals surface area contributed by atoms with Crippen LogP contribution in [-0.2, 0) is 9.59 Å². The number of rotatable bonds is 6. The topological polar surface area (TPSA) is 76.1 Å². The highest BCUT2D eigenvalue weighted by Gasteiger charge is 2.25. The summed E-state index contributed by atoms with van der Waals surface area (Å²) >= 11 is 1.44. The van der Waals surface area contributed by atoms with Crippen molar-refractivity contribution >= 4 is 35.0 Å². The number of ketones is 1. The second kappa shape index (κ2) is 7.91. The normalized spacial score (nSPS) is 15.6. The molecule has 0 spiro atoms. The SMILES string of the molecule is CC(=O)c1nc(C2CCCC2)c(-c2ccc(NC(=O)C(C)C=O)cc2)s1.